The van der Waals surface area contributed by atoms with Gasteiger partial charge in [-0.05, 0) is 43.4 Å². The average molecular weight is 256 g/mol. The van der Waals surface area contributed by atoms with Crippen LogP contribution in [0.4, 0.5) is 0 Å². The van der Waals surface area contributed by atoms with Gasteiger partial charge in [0.15, 0.2) is 5.78 Å². The van der Waals surface area contributed by atoms with E-state index in [0.717, 1.165) is 16.7 Å². The summed E-state index contributed by atoms with van der Waals surface area (Å²) < 4.78 is 0. The third kappa shape index (κ3) is 2.48. The van der Waals surface area contributed by atoms with Gasteiger partial charge in [-0.3, -0.25) is 4.79 Å². The van der Waals surface area contributed by atoms with Gasteiger partial charge in [0, 0.05) is 11.5 Å². The summed E-state index contributed by atoms with van der Waals surface area (Å²) in [5, 5.41) is 9.96. The van der Waals surface area contributed by atoms with Crippen molar-refractivity contribution in [2.75, 3.05) is 0 Å². The second-order valence-corrected chi connectivity index (χ2v) is 5.37. The molecule has 1 aliphatic carbocycles. The highest BCUT2D eigenvalue weighted by Gasteiger charge is 2.25. The van der Waals surface area contributed by atoms with Crippen molar-refractivity contribution >= 4 is 5.78 Å². The van der Waals surface area contributed by atoms with E-state index in [1.54, 1.807) is 6.92 Å². The average Bonchev–Trinajstić information content (AvgIpc) is 2.40. The van der Waals surface area contributed by atoms with E-state index < -0.39 is 0 Å². The first-order valence-corrected chi connectivity index (χ1v) is 6.61. The third-order valence-electron chi connectivity index (χ3n) is 4.10. The molecule has 2 rings (SSSR count). The van der Waals surface area contributed by atoms with Crippen LogP contribution in [0.1, 0.15) is 49.5 Å². The molecule has 1 aromatic rings. The molecule has 0 radical (unpaired) electrons. The molecular formula is C17H20O2. The van der Waals surface area contributed by atoms with Crippen molar-refractivity contribution < 1.29 is 9.90 Å². The first kappa shape index (κ1) is 13.6. The lowest BCUT2D eigenvalue weighted by atomic mass is 9.77. The van der Waals surface area contributed by atoms with Gasteiger partial charge < -0.3 is 5.11 Å². The molecule has 0 amide bonds. The lowest BCUT2D eigenvalue weighted by molar-refractivity contribution is 0.101. The molecule has 19 heavy (non-hydrogen) atoms. The van der Waals surface area contributed by atoms with E-state index in [1.165, 1.54) is 5.56 Å². The van der Waals surface area contributed by atoms with E-state index in [4.69, 9.17) is 0 Å². The Morgan fingerprint density at radius 3 is 2.26 bits per heavy atom. The summed E-state index contributed by atoms with van der Waals surface area (Å²) in [7, 11) is 0. The zero-order valence-corrected chi connectivity index (χ0v) is 11.9. The van der Waals surface area contributed by atoms with Gasteiger partial charge in [-0.15, -0.1) is 0 Å². The maximum atomic E-state index is 11.3. The molecule has 0 aliphatic heterocycles. The third-order valence-corrected chi connectivity index (χ3v) is 4.10. The van der Waals surface area contributed by atoms with Crippen molar-refractivity contribution in [3.63, 3.8) is 0 Å². The zero-order chi connectivity index (χ0) is 14.2. The number of ketones is 1. The van der Waals surface area contributed by atoms with E-state index in [9.17, 15) is 9.90 Å². The lowest BCUT2D eigenvalue weighted by Gasteiger charge is -2.28. The van der Waals surface area contributed by atoms with Crippen LogP contribution in [-0.4, -0.2) is 10.9 Å². The Morgan fingerprint density at radius 2 is 1.74 bits per heavy atom. The Hall–Kier alpha value is -1.83. The normalized spacial score (nSPS) is 23.3. The van der Waals surface area contributed by atoms with Crippen LogP contribution in [0.3, 0.4) is 0 Å². The molecule has 0 fully saturated rings. The number of rotatable bonds is 2. The molecular weight excluding hydrogens is 236 g/mol. The molecule has 0 spiro atoms. The van der Waals surface area contributed by atoms with Crippen LogP contribution in [0.2, 0.25) is 0 Å². The Morgan fingerprint density at radius 1 is 1.16 bits per heavy atom. The first-order valence-electron chi connectivity index (χ1n) is 6.61. The van der Waals surface area contributed by atoms with Crippen LogP contribution in [-0.2, 0) is 0 Å². The Balaban J connectivity index is 2.35. The quantitative estimate of drug-likeness (QED) is 0.796. The molecule has 0 heterocycles. The SMILES string of the molecule is CC(=O)c1ccc(C2C=C(C)C(O)=C(C)C2C)cc1. The lowest BCUT2D eigenvalue weighted by Crippen LogP contribution is -2.16. The number of aliphatic hydroxyl groups is 1. The van der Waals surface area contributed by atoms with E-state index in [-0.39, 0.29) is 17.6 Å². The fourth-order valence-electron chi connectivity index (χ4n) is 2.61. The monoisotopic (exact) mass is 256 g/mol. The van der Waals surface area contributed by atoms with E-state index >= 15 is 0 Å². The summed E-state index contributed by atoms with van der Waals surface area (Å²) in [6.07, 6.45) is 2.11. The predicted octanol–water partition coefficient (Wildman–Crippen LogP) is 4.40. The minimum Gasteiger partial charge on any atom is -0.508 e. The molecule has 2 nitrogen and oxygen atoms in total. The summed E-state index contributed by atoms with van der Waals surface area (Å²) in [5.74, 6) is 1.04. The number of hydrogen-bond donors (Lipinski definition) is 1. The summed E-state index contributed by atoms with van der Waals surface area (Å²) in [6.45, 7) is 7.61. The molecule has 100 valence electrons. The van der Waals surface area contributed by atoms with Crippen molar-refractivity contribution in [1.82, 2.24) is 0 Å². The minimum absolute atomic E-state index is 0.0867. The largest absolute Gasteiger partial charge is 0.508 e. The second kappa shape index (κ2) is 5.04. The number of allylic oxidation sites excluding steroid dienone is 3. The van der Waals surface area contributed by atoms with E-state index in [1.807, 2.05) is 38.1 Å². The van der Waals surface area contributed by atoms with Crippen LogP contribution in [0.5, 0.6) is 0 Å². The highest BCUT2D eigenvalue weighted by molar-refractivity contribution is 5.94. The first-order chi connectivity index (χ1) is 8.91. The maximum absolute atomic E-state index is 11.3. The molecule has 2 heteroatoms. The second-order valence-electron chi connectivity index (χ2n) is 5.37. The molecule has 1 aliphatic rings. The van der Waals surface area contributed by atoms with E-state index in [0.29, 0.717) is 5.76 Å². The highest BCUT2D eigenvalue weighted by atomic mass is 16.3. The van der Waals surface area contributed by atoms with Crippen molar-refractivity contribution in [2.24, 2.45) is 5.92 Å². The van der Waals surface area contributed by atoms with E-state index in [2.05, 4.69) is 13.0 Å². The van der Waals surface area contributed by atoms with Crippen LogP contribution < -0.4 is 0 Å². The van der Waals surface area contributed by atoms with Gasteiger partial charge in [0.05, 0.1) is 0 Å². The molecule has 2 unspecified atom stereocenters. The van der Waals surface area contributed by atoms with Gasteiger partial charge in [0.25, 0.3) is 0 Å². The smallest absolute Gasteiger partial charge is 0.159 e. The molecule has 1 aromatic carbocycles. The Kier molecular flexibility index (Phi) is 3.61. The fraction of sp³-hybridized carbons (Fsp3) is 0.353. The van der Waals surface area contributed by atoms with Crippen LogP contribution in [0.15, 0.2) is 47.2 Å². The van der Waals surface area contributed by atoms with Crippen molar-refractivity contribution in [3.8, 4) is 0 Å². The van der Waals surface area contributed by atoms with Crippen LogP contribution in [0, 0.1) is 5.92 Å². The molecule has 0 saturated carbocycles. The summed E-state index contributed by atoms with van der Waals surface area (Å²) >= 11 is 0. The van der Waals surface area contributed by atoms with Crippen molar-refractivity contribution in [3.05, 3.63) is 58.4 Å². The molecule has 0 aromatic heterocycles. The van der Waals surface area contributed by atoms with Gasteiger partial charge >= 0.3 is 0 Å². The predicted molar refractivity (Wildman–Crippen MR) is 77.4 cm³/mol. The van der Waals surface area contributed by atoms with Gasteiger partial charge in [-0.1, -0.05) is 37.3 Å². The highest BCUT2D eigenvalue weighted by Crippen LogP contribution is 2.38. The van der Waals surface area contributed by atoms with Crippen LogP contribution >= 0.6 is 0 Å². The molecule has 2 atom stereocenters. The van der Waals surface area contributed by atoms with Gasteiger partial charge in [-0.2, -0.15) is 0 Å². The summed E-state index contributed by atoms with van der Waals surface area (Å²) in [4.78, 5) is 11.3. The summed E-state index contributed by atoms with van der Waals surface area (Å²) in [5.41, 5.74) is 3.88. The van der Waals surface area contributed by atoms with Crippen molar-refractivity contribution in [1.29, 1.82) is 0 Å². The van der Waals surface area contributed by atoms with Gasteiger partial charge in [-0.25, -0.2) is 0 Å². The van der Waals surface area contributed by atoms with Gasteiger partial charge in [0.2, 0.25) is 0 Å². The minimum atomic E-state index is 0.0867. The number of carbonyl (C=O) groups is 1. The number of aliphatic hydroxyl groups excluding tert-OH is 1. The number of carbonyl (C=O) groups excluding carboxylic acids is 1. The standard InChI is InChI=1S/C17H20O2/c1-10-9-16(11(2)12(3)17(10)19)15-7-5-14(6-8-15)13(4)18/h5-9,11,16,19H,1-4H3. The number of Topliss-reactive ketones (excluding diaryl/α,β-unsaturated/α-hetero) is 1. The topological polar surface area (TPSA) is 37.3 Å². The molecule has 1 N–H and O–H groups in total. The maximum Gasteiger partial charge on any atom is 0.159 e. The van der Waals surface area contributed by atoms with Crippen LogP contribution in [0.25, 0.3) is 0 Å². The fourth-order valence-corrected chi connectivity index (χ4v) is 2.61. The zero-order valence-electron chi connectivity index (χ0n) is 11.9. The van der Waals surface area contributed by atoms with Gasteiger partial charge in [0.1, 0.15) is 5.76 Å². The van der Waals surface area contributed by atoms with Crippen molar-refractivity contribution in [2.45, 2.75) is 33.6 Å². The number of hydrogen-bond acceptors (Lipinski definition) is 2. The molecule has 0 saturated heterocycles. The Labute approximate surface area is 114 Å². The summed E-state index contributed by atoms with van der Waals surface area (Å²) in [6, 6.07) is 7.77. The number of benzene rings is 1. The Bertz CT molecular complexity index is 561. The molecule has 0 bridgehead atoms.